The van der Waals surface area contributed by atoms with Crippen molar-refractivity contribution < 1.29 is 14.3 Å². The molecule has 0 saturated carbocycles. The molecular weight excluding hydrogens is 374 g/mol. The molecule has 28 heavy (non-hydrogen) atoms. The number of hydrogen-bond donors (Lipinski definition) is 1. The third-order valence-electron chi connectivity index (χ3n) is 4.76. The fourth-order valence-corrected chi connectivity index (χ4v) is 4.15. The Kier molecular flexibility index (Phi) is 7.17. The lowest BCUT2D eigenvalue weighted by molar-refractivity contribution is -0.150. The van der Waals surface area contributed by atoms with Crippen LogP contribution in [0.2, 0.25) is 0 Å². The number of nitrogens with one attached hydrogen (secondary N) is 1. The predicted molar refractivity (Wildman–Crippen MR) is 110 cm³/mol. The third-order valence-corrected chi connectivity index (χ3v) is 5.66. The lowest BCUT2D eigenvalue weighted by Crippen LogP contribution is -2.39. The fraction of sp³-hybridized carbons (Fsp3) is 0.476. The molecule has 0 bridgehead atoms. The average molecular weight is 402 g/mol. The second-order valence-electron chi connectivity index (χ2n) is 7.15. The molecule has 6 nitrogen and oxygen atoms in total. The number of piperidine rings is 1. The molecule has 0 radical (unpaired) electrons. The highest BCUT2D eigenvalue weighted by Gasteiger charge is 2.27. The van der Waals surface area contributed by atoms with Gasteiger partial charge >= 0.3 is 5.97 Å². The maximum atomic E-state index is 12.2. The number of carbonyl (C=O) groups excluding carboxylic acids is 2. The smallest absolute Gasteiger partial charge is 0.310 e. The SMILES string of the molecule is CCOC(=O)C1CCCN(Cc2csc(CC(=O)Nc3ccc(C)cc3)n2)C1. The van der Waals surface area contributed by atoms with Crippen LogP contribution in [0.1, 0.15) is 36.0 Å². The second-order valence-corrected chi connectivity index (χ2v) is 8.09. The Morgan fingerprint density at radius 1 is 1.32 bits per heavy atom. The number of benzene rings is 1. The summed E-state index contributed by atoms with van der Waals surface area (Å²) >= 11 is 1.50. The zero-order chi connectivity index (χ0) is 19.9. The molecule has 3 rings (SSSR count). The summed E-state index contributed by atoms with van der Waals surface area (Å²) in [5.74, 6) is -0.212. The second kappa shape index (κ2) is 9.80. The number of thiazole rings is 1. The summed E-state index contributed by atoms with van der Waals surface area (Å²) in [4.78, 5) is 31.1. The largest absolute Gasteiger partial charge is 0.466 e. The van der Waals surface area contributed by atoms with E-state index in [4.69, 9.17) is 4.74 Å². The Labute approximate surface area is 169 Å². The maximum absolute atomic E-state index is 12.2. The topological polar surface area (TPSA) is 71.5 Å². The van der Waals surface area contributed by atoms with Crippen LogP contribution < -0.4 is 5.32 Å². The predicted octanol–water partition coefficient (Wildman–Crippen LogP) is 3.41. The van der Waals surface area contributed by atoms with Gasteiger partial charge in [0.15, 0.2) is 0 Å². The summed E-state index contributed by atoms with van der Waals surface area (Å²) in [5.41, 5.74) is 2.91. The molecule has 0 spiro atoms. The molecule has 1 atom stereocenters. The van der Waals surface area contributed by atoms with E-state index in [1.807, 2.05) is 43.5 Å². The monoisotopic (exact) mass is 401 g/mol. The van der Waals surface area contributed by atoms with E-state index in [0.29, 0.717) is 19.7 Å². The minimum atomic E-state index is -0.0982. The van der Waals surface area contributed by atoms with Crippen molar-refractivity contribution in [3.8, 4) is 0 Å². The number of esters is 1. The highest BCUT2D eigenvalue weighted by Crippen LogP contribution is 2.21. The zero-order valence-corrected chi connectivity index (χ0v) is 17.3. The average Bonchev–Trinajstić information content (AvgIpc) is 3.10. The summed E-state index contributed by atoms with van der Waals surface area (Å²) < 4.78 is 5.16. The van der Waals surface area contributed by atoms with Crippen molar-refractivity contribution in [1.29, 1.82) is 0 Å². The Balaban J connectivity index is 1.50. The van der Waals surface area contributed by atoms with Crippen LogP contribution >= 0.6 is 11.3 Å². The molecule has 150 valence electrons. The van der Waals surface area contributed by atoms with Gasteiger partial charge in [0, 0.05) is 24.2 Å². The number of aromatic nitrogens is 1. The fourth-order valence-electron chi connectivity index (χ4n) is 3.36. The van der Waals surface area contributed by atoms with Crippen LogP contribution in [-0.4, -0.2) is 41.5 Å². The van der Waals surface area contributed by atoms with E-state index in [-0.39, 0.29) is 24.2 Å². The zero-order valence-electron chi connectivity index (χ0n) is 16.4. The minimum Gasteiger partial charge on any atom is -0.466 e. The van der Waals surface area contributed by atoms with E-state index in [0.717, 1.165) is 41.3 Å². The molecule has 1 saturated heterocycles. The van der Waals surface area contributed by atoms with Crippen molar-refractivity contribution in [1.82, 2.24) is 9.88 Å². The molecule has 7 heteroatoms. The first-order chi connectivity index (χ1) is 13.5. The quantitative estimate of drug-likeness (QED) is 0.720. The molecule has 2 heterocycles. The molecule has 1 aromatic heterocycles. The van der Waals surface area contributed by atoms with Crippen molar-refractivity contribution in [2.45, 2.75) is 39.7 Å². The van der Waals surface area contributed by atoms with Gasteiger partial charge in [0.2, 0.25) is 5.91 Å². The Bertz CT molecular complexity index is 803. The minimum absolute atomic E-state index is 0.0490. The van der Waals surface area contributed by atoms with Gasteiger partial charge in [-0.05, 0) is 45.4 Å². The molecule has 1 unspecified atom stereocenters. The molecule has 1 aliphatic heterocycles. The number of hydrogen-bond acceptors (Lipinski definition) is 6. The van der Waals surface area contributed by atoms with Crippen LogP contribution in [0.15, 0.2) is 29.6 Å². The van der Waals surface area contributed by atoms with E-state index in [1.54, 1.807) is 0 Å². The van der Waals surface area contributed by atoms with Gasteiger partial charge in [0.05, 0.1) is 24.6 Å². The number of aryl methyl sites for hydroxylation is 1. The van der Waals surface area contributed by atoms with Gasteiger partial charge in [-0.15, -0.1) is 11.3 Å². The van der Waals surface area contributed by atoms with E-state index in [9.17, 15) is 9.59 Å². The van der Waals surface area contributed by atoms with Crippen LogP contribution in [0.5, 0.6) is 0 Å². The Morgan fingerprint density at radius 2 is 2.11 bits per heavy atom. The van der Waals surface area contributed by atoms with Gasteiger partial charge in [0.25, 0.3) is 0 Å². The number of likely N-dealkylation sites (tertiary alicyclic amines) is 1. The first kappa shape index (κ1) is 20.5. The summed E-state index contributed by atoms with van der Waals surface area (Å²) in [6, 6.07) is 7.74. The van der Waals surface area contributed by atoms with Crippen molar-refractivity contribution in [3.05, 3.63) is 45.9 Å². The highest BCUT2D eigenvalue weighted by molar-refractivity contribution is 7.09. The van der Waals surface area contributed by atoms with Crippen molar-refractivity contribution >= 4 is 28.9 Å². The first-order valence-corrected chi connectivity index (χ1v) is 10.6. The number of anilines is 1. The van der Waals surface area contributed by atoms with Gasteiger partial charge in [-0.1, -0.05) is 17.7 Å². The van der Waals surface area contributed by atoms with Gasteiger partial charge in [-0.2, -0.15) is 0 Å². The summed E-state index contributed by atoms with van der Waals surface area (Å²) in [6.45, 7) is 6.64. The lowest BCUT2D eigenvalue weighted by atomic mass is 9.98. The van der Waals surface area contributed by atoms with Gasteiger partial charge in [-0.25, -0.2) is 4.98 Å². The maximum Gasteiger partial charge on any atom is 0.310 e. The number of nitrogens with zero attached hydrogens (tertiary/aromatic N) is 2. The molecule has 1 aromatic carbocycles. The first-order valence-electron chi connectivity index (χ1n) is 9.72. The number of rotatable bonds is 7. The summed E-state index contributed by atoms with van der Waals surface area (Å²) in [5, 5.41) is 5.71. The normalized spacial score (nSPS) is 17.3. The molecule has 1 amide bonds. The van der Waals surface area contributed by atoms with Gasteiger partial charge < -0.3 is 10.1 Å². The van der Waals surface area contributed by atoms with E-state index in [1.165, 1.54) is 11.3 Å². The molecule has 0 aliphatic carbocycles. The van der Waals surface area contributed by atoms with Gasteiger partial charge in [0.1, 0.15) is 5.01 Å². The van der Waals surface area contributed by atoms with E-state index >= 15 is 0 Å². The molecule has 1 fully saturated rings. The third kappa shape index (κ3) is 5.87. The molecule has 1 N–H and O–H groups in total. The molecule has 1 aliphatic rings. The highest BCUT2D eigenvalue weighted by atomic mass is 32.1. The van der Waals surface area contributed by atoms with Crippen LogP contribution in [0.4, 0.5) is 5.69 Å². The van der Waals surface area contributed by atoms with Crippen molar-refractivity contribution in [2.75, 3.05) is 25.0 Å². The van der Waals surface area contributed by atoms with Crippen LogP contribution in [0.3, 0.4) is 0 Å². The van der Waals surface area contributed by atoms with Gasteiger partial charge in [-0.3, -0.25) is 14.5 Å². The van der Waals surface area contributed by atoms with E-state index in [2.05, 4.69) is 15.2 Å². The number of carbonyl (C=O) groups is 2. The Hall–Kier alpha value is -2.25. The van der Waals surface area contributed by atoms with Crippen LogP contribution in [0.25, 0.3) is 0 Å². The number of amides is 1. The van der Waals surface area contributed by atoms with Crippen molar-refractivity contribution in [3.63, 3.8) is 0 Å². The summed E-state index contributed by atoms with van der Waals surface area (Å²) in [6.07, 6.45) is 2.14. The summed E-state index contributed by atoms with van der Waals surface area (Å²) in [7, 11) is 0. The van der Waals surface area contributed by atoms with Crippen molar-refractivity contribution in [2.24, 2.45) is 5.92 Å². The standard InChI is InChI=1S/C21H27N3O3S/c1-3-27-21(26)16-5-4-10-24(12-16)13-18-14-28-20(23-18)11-19(25)22-17-8-6-15(2)7-9-17/h6-9,14,16H,3-5,10-13H2,1-2H3,(H,22,25). The lowest BCUT2D eigenvalue weighted by Gasteiger charge is -2.30. The Morgan fingerprint density at radius 3 is 2.86 bits per heavy atom. The molecule has 2 aromatic rings. The number of ether oxygens (including phenoxy) is 1. The molecular formula is C21H27N3O3S. The van der Waals surface area contributed by atoms with Crippen LogP contribution in [0, 0.1) is 12.8 Å². The van der Waals surface area contributed by atoms with Crippen LogP contribution in [-0.2, 0) is 27.3 Å². The van der Waals surface area contributed by atoms with E-state index < -0.39 is 0 Å².